The molecule has 1 fully saturated rings. The Morgan fingerprint density at radius 1 is 1.15 bits per heavy atom. The predicted octanol–water partition coefficient (Wildman–Crippen LogP) is 4.45. The van der Waals surface area contributed by atoms with E-state index in [1.54, 1.807) is 0 Å². The third-order valence-electron chi connectivity index (χ3n) is 5.37. The number of nitrogens with zero attached hydrogens (tertiary/aromatic N) is 2. The normalized spacial score (nSPS) is 16.2. The number of hydrogen-bond acceptors (Lipinski definition) is 2. The van der Waals surface area contributed by atoms with Crippen molar-refractivity contribution in [1.29, 1.82) is 0 Å². The number of likely N-dealkylation sites (tertiary alicyclic amines) is 1. The van der Waals surface area contributed by atoms with Gasteiger partial charge in [0.05, 0.1) is 0 Å². The quantitative estimate of drug-likeness (QED) is 0.836. The van der Waals surface area contributed by atoms with Crippen molar-refractivity contribution in [3.63, 3.8) is 0 Å². The molecule has 0 atom stereocenters. The molecule has 1 N–H and O–H groups in total. The van der Waals surface area contributed by atoms with Gasteiger partial charge in [-0.2, -0.15) is 0 Å². The molecule has 0 unspecified atom stereocenters. The van der Waals surface area contributed by atoms with Crippen LogP contribution in [0.5, 0.6) is 0 Å². The van der Waals surface area contributed by atoms with Crippen LogP contribution >= 0.6 is 12.4 Å². The first-order valence-electron chi connectivity index (χ1n) is 9.57. The van der Waals surface area contributed by atoms with Crippen molar-refractivity contribution in [2.24, 2.45) is 5.92 Å². The molecule has 0 radical (unpaired) electrons. The van der Waals surface area contributed by atoms with E-state index in [9.17, 15) is 4.79 Å². The summed E-state index contributed by atoms with van der Waals surface area (Å²) in [5.41, 5.74) is 2.55. The first-order valence-corrected chi connectivity index (χ1v) is 9.57. The molecule has 5 heteroatoms. The van der Waals surface area contributed by atoms with Gasteiger partial charge < -0.3 is 9.88 Å². The highest BCUT2D eigenvalue weighted by atomic mass is 35.5. The summed E-state index contributed by atoms with van der Waals surface area (Å²) in [5.74, 6) is 0.528. The van der Waals surface area contributed by atoms with E-state index in [-0.39, 0.29) is 30.4 Å². The third kappa shape index (κ3) is 4.41. The van der Waals surface area contributed by atoms with Crippen LogP contribution in [-0.4, -0.2) is 45.9 Å². The van der Waals surface area contributed by atoms with E-state index in [2.05, 4.69) is 72.9 Å². The van der Waals surface area contributed by atoms with Crippen molar-refractivity contribution in [2.45, 2.75) is 59.2 Å². The van der Waals surface area contributed by atoms with Gasteiger partial charge in [-0.1, -0.05) is 18.2 Å². The van der Waals surface area contributed by atoms with Gasteiger partial charge in [-0.15, -0.1) is 12.4 Å². The fraction of sp³-hybridized carbons (Fsp3) is 0.571. The van der Waals surface area contributed by atoms with Crippen molar-refractivity contribution in [3.05, 3.63) is 36.0 Å². The summed E-state index contributed by atoms with van der Waals surface area (Å²) in [7, 11) is 0. The summed E-state index contributed by atoms with van der Waals surface area (Å²) in [6, 6.07) is 9.01. The van der Waals surface area contributed by atoms with Crippen LogP contribution in [0, 0.1) is 5.92 Å². The number of aromatic nitrogens is 1. The Labute approximate surface area is 163 Å². The molecule has 0 spiro atoms. The van der Waals surface area contributed by atoms with Crippen molar-refractivity contribution in [3.8, 4) is 0 Å². The number of H-pyrrole nitrogens is 1. The molecular weight excluding hydrogens is 346 g/mol. The number of rotatable bonds is 5. The van der Waals surface area contributed by atoms with Gasteiger partial charge in [0.2, 0.25) is 5.91 Å². The maximum atomic E-state index is 12.9. The second kappa shape index (κ2) is 8.92. The zero-order valence-electron chi connectivity index (χ0n) is 16.4. The SMILES string of the molecule is CC(C)N(C(=O)C1CCN(Cc2c[nH]c3ccccc23)CC1)C(C)C.Cl. The lowest BCUT2D eigenvalue weighted by atomic mass is 9.94. The molecule has 0 aliphatic carbocycles. The van der Waals surface area contributed by atoms with Gasteiger partial charge in [-0.05, 0) is 65.3 Å². The van der Waals surface area contributed by atoms with Crippen LogP contribution in [0.4, 0.5) is 0 Å². The molecule has 1 aliphatic rings. The molecule has 0 saturated carbocycles. The lowest BCUT2D eigenvalue weighted by Crippen LogP contribution is -2.48. The van der Waals surface area contributed by atoms with E-state index < -0.39 is 0 Å². The summed E-state index contributed by atoms with van der Waals surface area (Å²) < 4.78 is 0. The number of fused-ring (bicyclic) bond motifs is 1. The molecule has 144 valence electrons. The molecule has 1 amide bonds. The van der Waals surface area contributed by atoms with E-state index in [4.69, 9.17) is 0 Å². The molecule has 26 heavy (non-hydrogen) atoms. The number of hydrogen-bond donors (Lipinski definition) is 1. The van der Waals surface area contributed by atoms with Gasteiger partial charge in [0, 0.05) is 41.6 Å². The van der Waals surface area contributed by atoms with Crippen molar-refractivity contribution < 1.29 is 4.79 Å². The monoisotopic (exact) mass is 377 g/mol. The van der Waals surface area contributed by atoms with E-state index in [1.807, 2.05) is 0 Å². The Kier molecular flexibility index (Phi) is 7.13. The zero-order valence-corrected chi connectivity index (χ0v) is 17.2. The largest absolute Gasteiger partial charge is 0.361 e. The van der Waals surface area contributed by atoms with E-state index in [1.165, 1.54) is 16.5 Å². The maximum absolute atomic E-state index is 12.9. The maximum Gasteiger partial charge on any atom is 0.226 e. The smallest absolute Gasteiger partial charge is 0.226 e. The van der Waals surface area contributed by atoms with Gasteiger partial charge in [0.25, 0.3) is 0 Å². The van der Waals surface area contributed by atoms with Gasteiger partial charge in [-0.25, -0.2) is 0 Å². The first kappa shape index (κ1) is 20.8. The van der Waals surface area contributed by atoms with Crippen molar-refractivity contribution in [2.75, 3.05) is 13.1 Å². The number of carbonyl (C=O) groups excluding carboxylic acids is 1. The van der Waals surface area contributed by atoms with Crippen LogP contribution < -0.4 is 0 Å². The minimum absolute atomic E-state index is 0. The minimum Gasteiger partial charge on any atom is -0.361 e. The topological polar surface area (TPSA) is 39.3 Å². The van der Waals surface area contributed by atoms with E-state index in [0.29, 0.717) is 5.91 Å². The van der Waals surface area contributed by atoms with E-state index in [0.717, 1.165) is 32.5 Å². The second-order valence-corrected chi connectivity index (χ2v) is 7.84. The van der Waals surface area contributed by atoms with Crippen molar-refractivity contribution in [1.82, 2.24) is 14.8 Å². The standard InChI is InChI=1S/C21H31N3O.ClH/c1-15(2)24(16(3)4)21(25)17-9-11-23(12-10-17)14-18-13-22-20-8-6-5-7-19(18)20;/h5-8,13,15-17,22H,9-12,14H2,1-4H3;1H. The van der Waals surface area contributed by atoms with Crippen LogP contribution in [-0.2, 0) is 11.3 Å². The van der Waals surface area contributed by atoms with Crippen LogP contribution in [0.2, 0.25) is 0 Å². The average molecular weight is 378 g/mol. The van der Waals surface area contributed by atoms with Crippen LogP contribution in [0.3, 0.4) is 0 Å². The fourth-order valence-electron chi connectivity index (χ4n) is 4.16. The van der Waals surface area contributed by atoms with Gasteiger partial charge in [0.15, 0.2) is 0 Å². The summed E-state index contributed by atoms with van der Waals surface area (Å²) >= 11 is 0. The lowest BCUT2D eigenvalue weighted by Gasteiger charge is -2.37. The summed E-state index contributed by atoms with van der Waals surface area (Å²) in [6.45, 7) is 11.4. The zero-order chi connectivity index (χ0) is 18.0. The molecule has 3 rings (SSSR count). The second-order valence-electron chi connectivity index (χ2n) is 7.84. The minimum atomic E-state index is 0. The Morgan fingerprint density at radius 2 is 1.77 bits per heavy atom. The fourth-order valence-corrected chi connectivity index (χ4v) is 4.16. The number of aromatic amines is 1. The van der Waals surface area contributed by atoms with Crippen molar-refractivity contribution >= 4 is 29.2 Å². The highest BCUT2D eigenvalue weighted by Crippen LogP contribution is 2.25. The van der Waals surface area contributed by atoms with E-state index >= 15 is 0 Å². The molecule has 2 aromatic rings. The van der Waals surface area contributed by atoms with Crippen LogP contribution in [0.15, 0.2) is 30.5 Å². The Hall–Kier alpha value is -1.52. The molecule has 1 saturated heterocycles. The van der Waals surface area contributed by atoms with Gasteiger partial charge in [-0.3, -0.25) is 9.69 Å². The molecule has 1 aliphatic heterocycles. The lowest BCUT2D eigenvalue weighted by molar-refractivity contribution is -0.140. The van der Waals surface area contributed by atoms with Gasteiger partial charge >= 0.3 is 0 Å². The highest BCUT2D eigenvalue weighted by molar-refractivity contribution is 5.85. The number of benzene rings is 1. The molecular formula is C21H32ClN3O. The Morgan fingerprint density at radius 3 is 2.38 bits per heavy atom. The van der Waals surface area contributed by atoms with Crippen LogP contribution in [0.25, 0.3) is 10.9 Å². The first-order chi connectivity index (χ1) is 12.0. The van der Waals surface area contributed by atoms with Crippen LogP contribution in [0.1, 0.15) is 46.1 Å². The summed E-state index contributed by atoms with van der Waals surface area (Å²) in [5, 5.41) is 1.31. The molecule has 1 aromatic carbocycles. The van der Waals surface area contributed by atoms with Gasteiger partial charge in [0.1, 0.15) is 0 Å². The Balaban J connectivity index is 0.00000243. The number of piperidine rings is 1. The predicted molar refractivity (Wildman–Crippen MR) is 111 cm³/mol. The third-order valence-corrected chi connectivity index (χ3v) is 5.37. The molecule has 1 aromatic heterocycles. The summed E-state index contributed by atoms with van der Waals surface area (Å²) in [6.07, 6.45) is 4.06. The molecule has 4 nitrogen and oxygen atoms in total. The Bertz CT molecular complexity index is 709. The molecule has 2 heterocycles. The number of para-hydroxylation sites is 1. The highest BCUT2D eigenvalue weighted by Gasteiger charge is 2.31. The molecule has 0 bridgehead atoms. The number of amides is 1. The summed E-state index contributed by atoms with van der Waals surface area (Å²) in [4.78, 5) is 20.8. The number of halogens is 1. The number of nitrogens with one attached hydrogen (secondary N) is 1. The number of carbonyl (C=O) groups is 1. The average Bonchev–Trinajstić information content (AvgIpc) is 2.98.